The molecule has 6 nitrogen and oxygen atoms in total. The Morgan fingerprint density at radius 3 is 2.69 bits per heavy atom. The zero-order valence-electron chi connectivity index (χ0n) is 14.9. The zero-order chi connectivity index (χ0) is 18.7. The summed E-state index contributed by atoms with van der Waals surface area (Å²) in [5.41, 5.74) is 3.06. The number of carbonyl (C=O) groups is 1. The summed E-state index contributed by atoms with van der Waals surface area (Å²) in [6, 6.07) is 7.52. The molecule has 3 rings (SSSR count). The average molecular weight is 394 g/mol. The molecule has 0 radical (unpaired) electrons. The normalized spacial score (nSPS) is 18.6. The summed E-state index contributed by atoms with van der Waals surface area (Å²) in [7, 11) is -3.40. The molecule has 140 valence electrons. The van der Waals surface area contributed by atoms with Crippen molar-refractivity contribution in [3.8, 4) is 11.3 Å². The number of benzene rings is 1. The van der Waals surface area contributed by atoms with E-state index in [1.165, 1.54) is 21.2 Å². The number of thiazole rings is 1. The summed E-state index contributed by atoms with van der Waals surface area (Å²) in [6.45, 7) is 2.50. The topological polar surface area (TPSA) is 79.4 Å². The van der Waals surface area contributed by atoms with Gasteiger partial charge in [0, 0.05) is 17.5 Å². The maximum absolute atomic E-state index is 12.6. The molecule has 2 heterocycles. The Morgan fingerprint density at radius 2 is 2.04 bits per heavy atom. The third-order valence-electron chi connectivity index (χ3n) is 4.57. The van der Waals surface area contributed by atoms with E-state index in [4.69, 9.17) is 0 Å². The smallest absolute Gasteiger partial charge is 0.244 e. The van der Waals surface area contributed by atoms with Crippen molar-refractivity contribution in [3.63, 3.8) is 0 Å². The number of rotatable bonds is 5. The maximum atomic E-state index is 12.6. The molecule has 1 N–H and O–H groups in total. The van der Waals surface area contributed by atoms with Gasteiger partial charge in [0.05, 0.1) is 11.9 Å². The van der Waals surface area contributed by atoms with Crippen LogP contribution in [-0.2, 0) is 21.2 Å². The molecule has 2 aromatic rings. The number of hydrogen-bond acceptors (Lipinski definition) is 5. The molecule has 1 amide bonds. The molecular formula is C18H23N3O3S2. The molecule has 1 atom stereocenters. The Balaban J connectivity index is 1.72. The van der Waals surface area contributed by atoms with Crippen LogP contribution in [-0.4, -0.2) is 42.5 Å². The van der Waals surface area contributed by atoms with Crippen molar-refractivity contribution in [1.82, 2.24) is 9.29 Å². The number of sulfonamides is 1. The van der Waals surface area contributed by atoms with Gasteiger partial charge in [0.15, 0.2) is 5.13 Å². The largest absolute Gasteiger partial charge is 0.301 e. The van der Waals surface area contributed by atoms with Gasteiger partial charge < -0.3 is 5.32 Å². The highest BCUT2D eigenvalue weighted by Gasteiger charge is 2.34. The predicted molar refractivity (Wildman–Crippen MR) is 105 cm³/mol. The summed E-state index contributed by atoms with van der Waals surface area (Å²) >= 11 is 1.34. The van der Waals surface area contributed by atoms with Crippen molar-refractivity contribution >= 4 is 32.4 Å². The number of piperidine rings is 1. The van der Waals surface area contributed by atoms with E-state index in [1.807, 2.05) is 17.5 Å². The number of nitrogens with zero attached hydrogens (tertiary/aromatic N) is 2. The van der Waals surface area contributed by atoms with Crippen molar-refractivity contribution < 1.29 is 13.2 Å². The zero-order valence-corrected chi connectivity index (χ0v) is 16.6. The van der Waals surface area contributed by atoms with E-state index in [1.54, 1.807) is 0 Å². The lowest BCUT2D eigenvalue weighted by atomic mass is 10.0. The number of amides is 1. The minimum atomic E-state index is -3.40. The second kappa shape index (κ2) is 7.85. The van der Waals surface area contributed by atoms with E-state index >= 15 is 0 Å². The van der Waals surface area contributed by atoms with Gasteiger partial charge in [-0.3, -0.25) is 4.79 Å². The van der Waals surface area contributed by atoms with Gasteiger partial charge in [-0.25, -0.2) is 13.4 Å². The highest BCUT2D eigenvalue weighted by Crippen LogP contribution is 2.27. The lowest BCUT2D eigenvalue weighted by Crippen LogP contribution is -2.49. The number of anilines is 1. The molecule has 1 aromatic heterocycles. The first-order chi connectivity index (χ1) is 12.4. The van der Waals surface area contributed by atoms with Gasteiger partial charge in [-0.1, -0.05) is 37.6 Å². The summed E-state index contributed by atoms with van der Waals surface area (Å²) in [6.07, 6.45) is 4.30. The quantitative estimate of drug-likeness (QED) is 0.846. The van der Waals surface area contributed by atoms with Gasteiger partial charge in [0.2, 0.25) is 15.9 Å². The van der Waals surface area contributed by atoms with Crippen LogP contribution >= 0.6 is 11.3 Å². The number of aromatic nitrogens is 1. The minimum absolute atomic E-state index is 0.308. The van der Waals surface area contributed by atoms with Gasteiger partial charge >= 0.3 is 0 Å². The van der Waals surface area contributed by atoms with Crippen LogP contribution in [0.3, 0.4) is 0 Å². The highest BCUT2D eigenvalue weighted by molar-refractivity contribution is 7.88. The third-order valence-corrected chi connectivity index (χ3v) is 6.62. The third kappa shape index (κ3) is 4.31. The molecular weight excluding hydrogens is 370 g/mol. The first kappa shape index (κ1) is 19.0. The number of nitrogens with one attached hydrogen (secondary N) is 1. The van der Waals surface area contributed by atoms with Crippen LogP contribution in [0.5, 0.6) is 0 Å². The first-order valence-corrected chi connectivity index (χ1v) is 11.4. The Labute approximate surface area is 158 Å². The van der Waals surface area contributed by atoms with Gasteiger partial charge in [0.25, 0.3) is 0 Å². The summed E-state index contributed by atoms with van der Waals surface area (Å²) < 4.78 is 25.2. The minimum Gasteiger partial charge on any atom is -0.301 e. The lowest BCUT2D eigenvalue weighted by molar-refractivity contribution is -0.120. The van der Waals surface area contributed by atoms with Crippen molar-refractivity contribution in [1.29, 1.82) is 0 Å². The molecule has 0 spiro atoms. The molecule has 0 bridgehead atoms. The van der Waals surface area contributed by atoms with E-state index in [0.717, 1.165) is 36.8 Å². The second-order valence-electron chi connectivity index (χ2n) is 6.46. The summed E-state index contributed by atoms with van der Waals surface area (Å²) in [5, 5.41) is 5.17. The van der Waals surface area contributed by atoms with E-state index in [2.05, 4.69) is 29.4 Å². The first-order valence-electron chi connectivity index (χ1n) is 8.71. The van der Waals surface area contributed by atoms with Crippen molar-refractivity contribution in [3.05, 3.63) is 35.2 Å². The van der Waals surface area contributed by atoms with Crippen LogP contribution in [0.4, 0.5) is 5.13 Å². The Hall–Kier alpha value is -1.77. The SMILES string of the molecule is CCc1ccc(-c2csc(NC(=O)C3CCCCN3S(C)(=O)=O)n2)cc1. The molecule has 1 aliphatic heterocycles. The molecule has 1 aromatic carbocycles. The molecule has 8 heteroatoms. The predicted octanol–water partition coefficient (Wildman–Crippen LogP) is 3.13. The summed E-state index contributed by atoms with van der Waals surface area (Å²) in [4.78, 5) is 17.1. The van der Waals surface area contributed by atoms with Crippen LogP contribution in [0.25, 0.3) is 11.3 Å². The Bertz CT molecular complexity index is 875. The molecule has 1 unspecified atom stereocenters. The summed E-state index contributed by atoms with van der Waals surface area (Å²) in [5.74, 6) is -0.308. The molecule has 1 fully saturated rings. The van der Waals surface area contributed by atoms with Crippen LogP contribution in [0, 0.1) is 0 Å². The van der Waals surface area contributed by atoms with E-state index in [9.17, 15) is 13.2 Å². The highest BCUT2D eigenvalue weighted by atomic mass is 32.2. The fourth-order valence-corrected chi connectivity index (χ4v) is 4.97. The number of aryl methyl sites for hydroxylation is 1. The van der Waals surface area contributed by atoms with E-state index in [0.29, 0.717) is 18.1 Å². The van der Waals surface area contributed by atoms with Crippen molar-refractivity contribution in [2.24, 2.45) is 0 Å². The monoisotopic (exact) mass is 393 g/mol. The van der Waals surface area contributed by atoms with Crippen LogP contribution < -0.4 is 5.32 Å². The number of hydrogen-bond donors (Lipinski definition) is 1. The van der Waals surface area contributed by atoms with Gasteiger partial charge in [-0.15, -0.1) is 11.3 Å². The van der Waals surface area contributed by atoms with Crippen LogP contribution in [0.1, 0.15) is 31.7 Å². The van der Waals surface area contributed by atoms with Gasteiger partial charge in [-0.05, 0) is 24.8 Å². The fourth-order valence-electron chi connectivity index (χ4n) is 3.13. The molecule has 26 heavy (non-hydrogen) atoms. The maximum Gasteiger partial charge on any atom is 0.244 e. The molecule has 0 aliphatic carbocycles. The van der Waals surface area contributed by atoms with Crippen molar-refractivity contribution in [2.75, 3.05) is 18.1 Å². The molecule has 0 saturated carbocycles. The van der Waals surface area contributed by atoms with E-state index in [-0.39, 0.29) is 5.91 Å². The molecule has 1 aliphatic rings. The second-order valence-corrected chi connectivity index (χ2v) is 9.26. The Kier molecular flexibility index (Phi) is 5.74. The van der Waals surface area contributed by atoms with Crippen LogP contribution in [0.15, 0.2) is 29.6 Å². The van der Waals surface area contributed by atoms with Gasteiger partial charge in [-0.2, -0.15) is 4.31 Å². The Morgan fingerprint density at radius 1 is 1.31 bits per heavy atom. The molecule has 1 saturated heterocycles. The van der Waals surface area contributed by atoms with Gasteiger partial charge in [0.1, 0.15) is 6.04 Å². The fraction of sp³-hybridized carbons (Fsp3) is 0.444. The van der Waals surface area contributed by atoms with Crippen LogP contribution in [0.2, 0.25) is 0 Å². The standard InChI is InChI=1S/C18H23N3O3S2/c1-3-13-7-9-14(10-8-13)15-12-25-18(19-15)20-17(22)16-6-4-5-11-21(16)26(2,23)24/h7-10,12,16H,3-6,11H2,1-2H3,(H,19,20,22). The number of carbonyl (C=O) groups excluding carboxylic acids is 1. The average Bonchev–Trinajstić information content (AvgIpc) is 3.09. The lowest BCUT2D eigenvalue weighted by Gasteiger charge is -2.32. The van der Waals surface area contributed by atoms with E-state index < -0.39 is 16.1 Å². The van der Waals surface area contributed by atoms with Crippen molar-refractivity contribution in [2.45, 2.75) is 38.6 Å².